The Hall–Kier alpha value is -0.630. The van der Waals surface area contributed by atoms with Crippen LogP contribution >= 0.6 is 0 Å². The third-order valence-electron chi connectivity index (χ3n) is 2.72. The van der Waals surface area contributed by atoms with Crippen molar-refractivity contribution in [3.05, 3.63) is 12.7 Å². The standard InChI is InChI=1S/C12H23NO/c1-5-11(9-12(13)6-2)10(3)7-8-14-4/h5,10-11,13H,1,6-9H2,2-4H3. The molecule has 2 nitrogen and oxygen atoms in total. The molecule has 0 rings (SSSR count). The predicted octanol–water partition coefficient (Wildman–Crippen LogP) is 3.28. The van der Waals surface area contributed by atoms with Gasteiger partial charge in [-0.1, -0.05) is 19.9 Å². The zero-order valence-corrected chi connectivity index (χ0v) is 9.68. The highest BCUT2D eigenvalue weighted by atomic mass is 16.5. The van der Waals surface area contributed by atoms with Gasteiger partial charge >= 0.3 is 0 Å². The molecule has 2 heteroatoms. The van der Waals surface area contributed by atoms with Crippen LogP contribution in [0, 0.1) is 17.2 Å². The fourth-order valence-electron chi connectivity index (χ4n) is 1.46. The molecule has 0 aromatic rings. The maximum Gasteiger partial charge on any atom is 0.0465 e. The normalized spacial score (nSPS) is 14.8. The lowest BCUT2D eigenvalue weighted by Gasteiger charge is -2.20. The van der Waals surface area contributed by atoms with Crippen molar-refractivity contribution in [2.45, 2.75) is 33.1 Å². The molecule has 0 saturated heterocycles. The molecule has 0 aromatic heterocycles. The maximum atomic E-state index is 7.66. The van der Waals surface area contributed by atoms with Crippen molar-refractivity contribution in [1.82, 2.24) is 0 Å². The van der Waals surface area contributed by atoms with E-state index in [9.17, 15) is 0 Å². The molecule has 0 radical (unpaired) electrons. The van der Waals surface area contributed by atoms with E-state index < -0.39 is 0 Å². The van der Waals surface area contributed by atoms with E-state index in [0.717, 1.165) is 31.6 Å². The lowest BCUT2D eigenvalue weighted by atomic mass is 9.87. The van der Waals surface area contributed by atoms with E-state index in [1.165, 1.54) is 0 Å². The van der Waals surface area contributed by atoms with Crippen molar-refractivity contribution in [3.63, 3.8) is 0 Å². The SMILES string of the molecule is C=CC(CC(=N)CC)C(C)CCOC. The van der Waals surface area contributed by atoms with Crippen LogP contribution < -0.4 is 0 Å². The zero-order chi connectivity index (χ0) is 11.0. The van der Waals surface area contributed by atoms with Gasteiger partial charge in [-0.25, -0.2) is 0 Å². The molecular weight excluding hydrogens is 174 g/mol. The van der Waals surface area contributed by atoms with Gasteiger partial charge in [-0.3, -0.25) is 0 Å². The van der Waals surface area contributed by atoms with Gasteiger partial charge in [-0.05, 0) is 31.1 Å². The van der Waals surface area contributed by atoms with Gasteiger partial charge in [0.25, 0.3) is 0 Å². The van der Waals surface area contributed by atoms with Crippen LogP contribution in [0.5, 0.6) is 0 Å². The highest BCUT2D eigenvalue weighted by molar-refractivity contribution is 5.81. The summed E-state index contributed by atoms with van der Waals surface area (Å²) in [4.78, 5) is 0. The van der Waals surface area contributed by atoms with Crippen LogP contribution in [0.25, 0.3) is 0 Å². The van der Waals surface area contributed by atoms with Crippen LogP contribution in [-0.4, -0.2) is 19.4 Å². The Bertz CT molecular complexity index is 177. The van der Waals surface area contributed by atoms with Crippen LogP contribution in [0.4, 0.5) is 0 Å². The molecule has 0 bridgehead atoms. The second kappa shape index (κ2) is 7.74. The highest BCUT2D eigenvalue weighted by Gasteiger charge is 2.14. The average molecular weight is 197 g/mol. The third kappa shape index (κ3) is 5.18. The molecule has 0 spiro atoms. The second-order valence-corrected chi connectivity index (χ2v) is 3.82. The van der Waals surface area contributed by atoms with Crippen LogP contribution in [-0.2, 0) is 4.74 Å². The quantitative estimate of drug-likeness (QED) is 0.470. The summed E-state index contributed by atoms with van der Waals surface area (Å²) in [5.74, 6) is 0.983. The molecule has 0 saturated carbocycles. The molecule has 0 heterocycles. The Balaban J connectivity index is 3.98. The van der Waals surface area contributed by atoms with Crippen molar-refractivity contribution in [1.29, 1.82) is 5.41 Å². The van der Waals surface area contributed by atoms with E-state index in [-0.39, 0.29) is 0 Å². The van der Waals surface area contributed by atoms with E-state index in [2.05, 4.69) is 13.5 Å². The summed E-state index contributed by atoms with van der Waals surface area (Å²) < 4.78 is 5.05. The van der Waals surface area contributed by atoms with Crippen molar-refractivity contribution < 1.29 is 4.74 Å². The lowest BCUT2D eigenvalue weighted by molar-refractivity contribution is 0.172. The van der Waals surface area contributed by atoms with Crippen molar-refractivity contribution in [2.24, 2.45) is 11.8 Å². The molecule has 0 amide bonds. The lowest BCUT2D eigenvalue weighted by Crippen LogP contribution is -2.15. The van der Waals surface area contributed by atoms with Crippen molar-refractivity contribution in [3.8, 4) is 0 Å². The minimum absolute atomic E-state index is 0.428. The van der Waals surface area contributed by atoms with Crippen LogP contribution in [0.1, 0.15) is 33.1 Å². The molecule has 0 aliphatic heterocycles. The first-order valence-electron chi connectivity index (χ1n) is 5.33. The molecule has 82 valence electrons. The number of nitrogens with one attached hydrogen (secondary N) is 1. The summed E-state index contributed by atoms with van der Waals surface area (Å²) in [5.41, 5.74) is 0.819. The van der Waals surface area contributed by atoms with Gasteiger partial charge in [-0.15, -0.1) is 6.58 Å². The Kier molecular flexibility index (Phi) is 7.40. The fourth-order valence-corrected chi connectivity index (χ4v) is 1.46. The van der Waals surface area contributed by atoms with Gasteiger partial charge in [0.1, 0.15) is 0 Å². The molecular formula is C12H23NO. The summed E-state index contributed by atoms with van der Waals surface area (Å²) in [6.45, 7) is 8.87. The van der Waals surface area contributed by atoms with Gasteiger partial charge in [0, 0.05) is 19.4 Å². The number of hydrogen-bond acceptors (Lipinski definition) is 2. The first kappa shape index (κ1) is 13.4. The van der Waals surface area contributed by atoms with Crippen molar-refractivity contribution in [2.75, 3.05) is 13.7 Å². The van der Waals surface area contributed by atoms with Gasteiger partial charge in [0.2, 0.25) is 0 Å². The third-order valence-corrected chi connectivity index (χ3v) is 2.72. The second-order valence-electron chi connectivity index (χ2n) is 3.82. The van der Waals surface area contributed by atoms with Crippen molar-refractivity contribution >= 4 is 5.71 Å². The molecule has 2 atom stereocenters. The van der Waals surface area contributed by atoms with E-state index in [0.29, 0.717) is 11.8 Å². The van der Waals surface area contributed by atoms with Crippen LogP contribution in [0.2, 0.25) is 0 Å². The van der Waals surface area contributed by atoms with E-state index in [1.54, 1.807) is 7.11 Å². The van der Waals surface area contributed by atoms with Gasteiger partial charge in [0.05, 0.1) is 0 Å². The monoisotopic (exact) mass is 197 g/mol. The molecule has 0 fully saturated rings. The minimum atomic E-state index is 0.428. The Morgan fingerprint density at radius 1 is 1.57 bits per heavy atom. The molecule has 14 heavy (non-hydrogen) atoms. The summed E-state index contributed by atoms with van der Waals surface area (Å²) >= 11 is 0. The Morgan fingerprint density at radius 2 is 2.21 bits per heavy atom. The number of hydrogen-bond donors (Lipinski definition) is 1. The molecule has 0 aliphatic carbocycles. The highest BCUT2D eigenvalue weighted by Crippen LogP contribution is 2.21. The molecule has 1 N–H and O–H groups in total. The molecule has 0 aromatic carbocycles. The zero-order valence-electron chi connectivity index (χ0n) is 9.68. The number of methoxy groups -OCH3 is 1. The molecule has 0 aliphatic rings. The fraction of sp³-hybridized carbons (Fsp3) is 0.750. The average Bonchev–Trinajstić information content (AvgIpc) is 2.21. The number of ether oxygens (including phenoxy) is 1. The largest absolute Gasteiger partial charge is 0.385 e. The number of rotatable bonds is 8. The summed E-state index contributed by atoms with van der Waals surface area (Å²) in [6.07, 6.45) is 4.72. The first-order valence-corrected chi connectivity index (χ1v) is 5.33. The smallest absolute Gasteiger partial charge is 0.0465 e. The summed E-state index contributed by atoms with van der Waals surface area (Å²) in [5, 5.41) is 7.66. The molecule has 2 unspecified atom stereocenters. The van der Waals surface area contributed by atoms with E-state index in [1.807, 2.05) is 13.0 Å². The first-order chi connectivity index (χ1) is 6.65. The van der Waals surface area contributed by atoms with E-state index >= 15 is 0 Å². The summed E-state index contributed by atoms with van der Waals surface area (Å²) in [6, 6.07) is 0. The predicted molar refractivity (Wildman–Crippen MR) is 62.0 cm³/mol. The topological polar surface area (TPSA) is 33.1 Å². The van der Waals surface area contributed by atoms with E-state index in [4.69, 9.17) is 10.1 Å². The Labute approximate surface area is 87.9 Å². The van der Waals surface area contributed by atoms with Crippen LogP contribution in [0.15, 0.2) is 12.7 Å². The minimum Gasteiger partial charge on any atom is -0.385 e. The van der Waals surface area contributed by atoms with Crippen LogP contribution in [0.3, 0.4) is 0 Å². The Morgan fingerprint density at radius 3 is 2.64 bits per heavy atom. The van der Waals surface area contributed by atoms with Gasteiger partial charge in [0.15, 0.2) is 0 Å². The number of allylic oxidation sites excluding steroid dienone is 1. The summed E-state index contributed by atoms with van der Waals surface area (Å²) in [7, 11) is 1.73. The van der Waals surface area contributed by atoms with Gasteiger partial charge < -0.3 is 10.1 Å². The van der Waals surface area contributed by atoms with Gasteiger partial charge in [-0.2, -0.15) is 0 Å². The maximum absolute atomic E-state index is 7.66.